The molecule has 0 bridgehead atoms. The first-order chi connectivity index (χ1) is 21.8. The first kappa shape index (κ1) is 25.7. The molecule has 44 heavy (non-hydrogen) atoms. The topological polar surface area (TPSA) is 0 Å². The van der Waals surface area contributed by atoms with Gasteiger partial charge in [0.2, 0.25) is 0 Å². The highest BCUT2D eigenvalue weighted by atomic mass is 32.1. The molecule has 0 atom stereocenters. The number of benzene rings is 7. The van der Waals surface area contributed by atoms with Crippen LogP contribution in [0.1, 0.15) is 37.2 Å². The van der Waals surface area contributed by atoms with E-state index in [4.69, 9.17) is 0 Å². The third-order valence-corrected chi connectivity index (χ3v) is 10.9. The second-order valence-electron chi connectivity index (χ2n) is 12.3. The molecule has 1 fully saturated rings. The van der Waals surface area contributed by atoms with Crippen LogP contribution in [0.2, 0.25) is 0 Å². The Morgan fingerprint density at radius 3 is 1.75 bits per heavy atom. The number of hydrogen-bond acceptors (Lipinski definition) is 1. The van der Waals surface area contributed by atoms with Gasteiger partial charge < -0.3 is 0 Å². The van der Waals surface area contributed by atoms with Crippen LogP contribution < -0.4 is 0 Å². The minimum atomic E-state index is 0.649. The van der Waals surface area contributed by atoms with Gasteiger partial charge in [0.15, 0.2) is 0 Å². The van der Waals surface area contributed by atoms with E-state index in [-0.39, 0.29) is 0 Å². The third-order valence-electron chi connectivity index (χ3n) is 9.81. The van der Waals surface area contributed by atoms with Gasteiger partial charge in [-0.2, -0.15) is 0 Å². The summed E-state index contributed by atoms with van der Waals surface area (Å²) in [4.78, 5) is 0. The van der Waals surface area contributed by atoms with Crippen molar-refractivity contribution in [3.8, 4) is 33.4 Å². The number of fused-ring (bicyclic) bond motifs is 5. The van der Waals surface area contributed by atoms with Gasteiger partial charge in [-0.05, 0) is 91.4 Å². The van der Waals surface area contributed by atoms with Crippen molar-refractivity contribution in [2.45, 2.75) is 31.6 Å². The van der Waals surface area contributed by atoms with E-state index in [2.05, 4.69) is 140 Å². The van der Waals surface area contributed by atoms with Crippen molar-refractivity contribution in [1.82, 2.24) is 0 Å². The normalized spacial score (nSPS) is 13.9. The number of thiophene rings is 1. The molecule has 7 aromatic carbocycles. The maximum atomic E-state index is 2.56. The molecule has 1 aliphatic rings. The summed E-state index contributed by atoms with van der Waals surface area (Å²) < 4.78 is 2.68. The minimum absolute atomic E-state index is 0.649. The van der Waals surface area contributed by atoms with E-state index in [0.29, 0.717) is 5.92 Å². The molecule has 0 spiro atoms. The molecule has 0 unspecified atom stereocenters. The van der Waals surface area contributed by atoms with Crippen molar-refractivity contribution in [3.05, 3.63) is 145 Å². The zero-order valence-corrected chi connectivity index (χ0v) is 25.4. The Hall–Kier alpha value is -4.72. The molecule has 8 aromatic rings. The fraction of sp³-hybridized carbons (Fsp3) is 0.116. The highest BCUT2D eigenvalue weighted by Gasteiger charge is 2.24. The van der Waals surface area contributed by atoms with E-state index in [1.807, 2.05) is 11.3 Å². The van der Waals surface area contributed by atoms with Gasteiger partial charge in [-0.1, -0.05) is 140 Å². The van der Waals surface area contributed by atoms with Crippen molar-refractivity contribution >= 4 is 53.1 Å². The standard InChI is InChI=1S/C43H32S/c1-3-15-29(16-4-1)40-32-19-9-10-20-33(32)42(37-27-31(23-24-34(37)40)28-13-7-8-14-28)36-25-26-39-43(35-21-11-12-22-38(35)44-39)41(36)30-17-5-2-6-18-30/h1-6,9-12,15-28H,7-8,13-14H2. The molecule has 1 saturated carbocycles. The van der Waals surface area contributed by atoms with Crippen molar-refractivity contribution in [3.63, 3.8) is 0 Å². The lowest BCUT2D eigenvalue weighted by molar-refractivity contribution is 0.724. The second-order valence-corrected chi connectivity index (χ2v) is 13.4. The summed E-state index contributed by atoms with van der Waals surface area (Å²) in [5.74, 6) is 0.649. The molecule has 0 N–H and O–H groups in total. The van der Waals surface area contributed by atoms with E-state index in [0.717, 1.165) is 0 Å². The molecular weight excluding hydrogens is 549 g/mol. The van der Waals surface area contributed by atoms with Gasteiger partial charge in [-0.3, -0.25) is 0 Å². The summed E-state index contributed by atoms with van der Waals surface area (Å²) in [6, 6.07) is 52.3. The highest BCUT2D eigenvalue weighted by Crippen LogP contribution is 2.50. The van der Waals surface area contributed by atoms with E-state index in [9.17, 15) is 0 Å². The smallest absolute Gasteiger partial charge is 0.0362 e. The van der Waals surface area contributed by atoms with Gasteiger partial charge >= 0.3 is 0 Å². The van der Waals surface area contributed by atoms with Crippen LogP contribution in [0.5, 0.6) is 0 Å². The predicted octanol–water partition coefficient (Wildman–Crippen LogP) is 13.0. The van der Waals surface area contributed by atoms with Crippen LogP contribution in [0, 0.1) is 0 Å². The van der Waals surface area contributed by atoms with Crippen molar-refractivity contribution < 1.29 is 0 Å². The molecule has 0 radical (unpaired) electrons. The Morgan fingerprint density at radius 2 is 1.02 bits per heavy atom. The van der Waals surface area contributed by atoms with Crippen LogP contribution >= 0.6 is 11.3 Å². The fourth-order valence-electron chi connectivity index (χ4n) is 7.84. The van der Waals surface area contributed by atoms with Gasteiger partial charge in [-0.15, -0.1) is 11.3 Å². The van der Waals surface area contributed by atoms with Gasteiger partial charge in [0.25, 0.3) is 0 Å². The SMILES string of the molecule is c1ccc(-c2c3ccccc3c(-c3ccc4sc5ccccc5c4c3-c3ccccc3)c3cc(C4CCCC4)ccc23)cc1. The van der Waals surface area contributed by atoms with E-state index < -0.39 is 0 Å². The van der Waals surface area contributed by atoms with E-state index in [1.54, 1.807) is 0 Å². The minimum Gasteiger partial charge on any atom is -0.135 e. The Morgan fingerprint density at radius 1 is 0.432 bits per heavy atom. The van der Waals surface area contributed by atoms with Crippen molar-refractivity contribution in [2.75, 3.05) is 0 Å². The molecule has 0 nitrogen and oxygen atoms in total. The third kappa shape index (κ3) is 4.03. The Labute approximate surface area is 262 Å². The summed E-state index contributed by atoms with van der Waals surface area (Å²) in [5.41, 5.74) is 9.38. The molecule has 210 valence electrons. The Balaban J connectivity index is 1.48. The molecule has 1 heteroatoms. The van der Waals surface area contributed by atoms with Crippen molar-refractivity contribution in [2.24, 2.45) is 0 Å². The predicted molar refractivity (Wildman–Crippen MR) is 192 cm³/mol. The van der Waals surface area contributed by atoms with Crippen LogP contribution in [0.4, 0.5) is 0 Å². The molecule has 0 amide bonds. The Bertz CT molecular complexity index is 2320. The summed E-state index contributed by atoms with van der Waals surface area (Å²) in [7, 11) is 0. The molecule has 1 heterocycles. The molecule has 1 aromatic heterocycles. The van der Waals surface area contributed by atoms with Crippen LogP contribution in [-0.4, -0.2) is 0 Å². The van der Waals surface area contributed by atoms with Crippen LogP contribution in [-0.2, 0) is 0 Å². The fourth-order valence-corrected chi connectivity index (χ4v) is 8.96. The molecule has 9 rings (SSSR count). The van der Waals surface area contributed by atoms with E-state index in [1.165, 1.54) is 106 Å². The second kappa shape index (κ2) is 10.5. The van der Waals surface area contributed by atoms with Crippen LogP contribution in [0.15, 0.2) is 140 Å². The average Bonchev–Trinajstić information content (AvgIpc) is 3.76. The summed E-state index contributed by atoms with van der Waals surface area (Å²) in [5, 5.41) is 8.03. The van der Waals surface area contributed by atoms with Crippen molar-refractivity contribution in [1.29, 1.82) is 0 Å². The molecule has 0 saturated heterocycles. The first-order valence-electron chi connectivity index (χ1n) is 15.9. The summed E-state index contributed by atoms with van der Waals surface area (Å²) in [6.07, 6.45) is 5.26. The monoisotopic (exact) mass is 580 g/mol. The lowest BCUT2D eigenvalue weighted by Gasteiger charge is -2.22. The molecule has 0 aliphatic heterocycles. The lowest BCUT2D eigenvalue weighted by Crippen LogP contribution is -1.96. The van der Waals surface area contributed by atoms with Crippen LogP contribution in [0.25, 0.3) is 75.1 Å². The van der Waals surface area contributed by atoms with E-state index >= 15 is 0 Å². The van der Waals surface area contributed by atoms with Gasteiger partial charge in [0, 0.05) is 20.2 Å². The van der Waals surface area contributed by atoms with Gasteiger partial charge in [-0.25, -0.2) is 0 Å². The van der Waals surface area contributed by atoms with Gasteiger partial charge in [0.1, 0.15) is 0 Å². The number of rotatable bonds is 4. The molecule has 1 aliphatic carbocycles. The zero-order valence-electron chi connectivity index (χ0n) is 24.6. The Kier molecular flexibility index (Phi) is 6.13. The quantitative estimate of drug-likeness (QED) is 0.182. The maximum Gasteiger partial charge on any atom is 0.0362 e. The lowest BCUT2D eigenvalue weighted by atomic mass is 9.81. The summed E-state index contributed by atoms with van der Waals surface area (Å²) in [6.45, 7) is 0. The van der Waals surface area contributed by atoms with Crippen LogP contribution in [0.3, 0.4) is 0 Å². The van der Waals surface area contributed by atoms with Gasteiger partial charge in [0.05, 0.1) is 0 Å². The molecular formula is C43H32S. The first-order valence-corrected chi connectivity index (χ1v) is 16.7. The maximum absolute atomic E-state index is 2.56. The number of hydrogen-bond donors (Lipinski definition) is 0. The summed E-state index contributed by atoms with van der Waals surface area (Å²) >= 11 is 1.90. The largest absolute Gasteiger partial charge is 0.135 e. The average molecular weight is 581 g/mol. The zero-order chi connectivity index (χ0) is 29.0. The highest BCUT2D eigenvalue weighted by molar-refractivity contribution is 7.26.